The Morgan fingerprint density at radius 2 is 1.82 bits per heavy atom. The monoisotopic (exact) mass is 593 g/mol. The highest BCUT2D eigenvalue weighted by atomic mass is 79.9. The highest BCUT2D eigenvalue weighted by molar-refractivity contribution is 9.10. The van der Waals surface area contributed by atoms with Gasteiger partial charge in [0.05, 0.1) is 19.1 Å². The van der Waals surface area contributed by atoms with Gasteiger partial charge in [0.1, 0.15) is 11.5 Å². The summed E-state index contributed by atoms with van der Waals surface area (Å²) in [4.78, 5) is 12.5. The molecule has 0 aliphatic rings. The molecule has 0 radical (unpaired) electrons. The number of nitrogens with zero attached hydrogens (tertiary/aromatic N) is 4. The minimum Gasteiger partial charge on any atom is -0.507 e. The third kappa shape index (κ3) is 6.62. The van der Waals surface area contributed by atoms with Crippen molar-refractivity contribution in [3.63, 3.8) is 0 Å². The summed E-state index contributed by atoms with van der Waals surface area (Å²) in [6, 6.07) is 20.8. The Labute approximate surface area is 234 Å². The van der Waals surface area contributed by atoms with Gasteiger partial charge in [-0.3, -0.25) is 9.36 Å². The zero-order valence-corrected chi connectivity index (χ0v) is 23.9. The maximum atomic E-state index is 12.5. The van der Waals surface area contributed by atoms with Crippen LogP contribution in [0.1, 0.15) is 31.9 Å². The molecule has 0 unspecified atom stereocenters. The number of hydrazone groups is 1. The molecule has 3 aromatic carbocycles. The van der Waals surface area contributed by atoms with Crippen LogP contribution >= 0.6 is 27.7 Å². The summed E-state index contributed by atoms with van der Waals surface area (Å²) in [6.07, 6.45) is 1.39. The number of amides is 1. The molecule has 8 nitrogen and oxygen atoms in total. The molecule has 0 atom stereocenters. The van der Waals surface area contributed by atoms with Crippen molar-refractivity contribution in [3.05, 3.63) is 82.3 Å². The molecule has 196 valence electrons. The molecule has 10 heteroatoms. The molecule has 4 rings (SSSR count). The van der Waals surface area contributed by atoms with Gasteiger partial charge in [-0.25, -0.2) is 5.43 Å². The Morgan fingerprint density at radius 3 is 2.47 bits per heavy atom. The number of carbonyl (C=O) groups excluding carboxylic acids is 1. The van der Waals surface area contributed by atoms with Crippen LogP contribution in [0.25, 0.3) is 17.1 Å². The number of nitrogens with one attached hydrogen (secondary N) is 1. The second kappa shape index (κ2) is 11.8. The molecule has 4 aromatic rings. The average molecular weight is 595 g/mol. The number of methoxy groups -OCH3 is 1. The molecular weight excluding hydrogens is 566 g/mol. The Balaban J connectivity index is 1.55. The smallest absolute Gasteiger partial charge is 0.250 e. The number of phenolic OH excluding ortho intramolecular Hbond substituents is 1. The van der Waals surface area contributed by atoms with E-state index in [4.69, 9.17) is 4.74 Å². The van der Waals surface area contributed by atoms with Crippen molar-refractivity contribution >= 4 is 39.8 Å². The number of thioether (sulfide) groups is 1. The SMILES string of the molecule is COc1ccc(-n2c(SCC(=O)NN=Cc3cc(Br)ccc3O)nnc2-c2ccc(C(C)(C)C)cc2)cc1. The van der Waals surface area contributed by atoms with E-state index in [0.29, 0.717) is 16.5 Å². The van der Waals surface area contributed by atoms with Crippen LogP contribution in [-0.2, 0) is 10.2 Å². The minimum atomic E-state index is -0.318. The van der Waals surface area contributed by atoms with Gasteiger partial charge >= 0.3 is 0 Å². The van der Waals surface area contributed by atoms with Crippen molar-refractivity contribution in [2.75, 3.05) is 12.9 Å². The van der Waals surface area contributed by atoms with Gasteiger partial charge in [-0.2, -0.15) is 5.10 Å². The van der Waals surface area contributed by atoms with Crippen molar-refractivity contribution in [3.8, 4) is 28.6 Å². The van der Waals surface area contributed by atoms with Gasteiger partial charge in [0.25, 0.3) is 5.91 Å². The Morgan fingerprint density at radius 1 is 1.11 bits per heavy atom. The zero-order chi connectivity index (χ0) is 27.3. The molecule has 1 amide bonds. The summed E-state index contributed by atoms with van der Waals surface area (Å²) in [5, 5.41) is 23.3. The molecule has 0 bridgehead atoms. The molecule has 0 aliphatic carbocycles. The van der Waals surface area contributed by atoms with E-state index >= 15 is 0 Å². The standard InChI is InChI=1S/C28H28BrN5O3S/c1-28(2,3)20-7-5-18(6-8-20)26-32-33-27(34(26)22-10-12-23(37-4)13-11-22)38-17-25(36)31-30-16-19-15-21(29)9-14-24(19)35/h5-16,35H,17H2,1-4H3,(H,31,36). The fourth-order valence-corrected chi connectivity index (χ4v) is 4.72. The summed E-state index contributed by atoms with van der Waals surface area (Å²) in [6.45, 7) is 6.52. The number of aromatic nitrogens is 3. The van der Waals surface area contributed by atoms with Crippen LogP contribution in [0.5, 0.6) is 11.5 Å². The quantitative estimate of drug-likeness (QED) is 0.149. The van der Waals surface area contributed by atoms with Gasteiger partial charge in [0, 0.05) is 21.3 Å². The van der Waals surface area contributed by atoms with E-state index < -0.39 is 0 Å². The number of rotatable bonds is 8. The Bertz CT molecular complexity index is 1450. The fourth-order valence-electron chi connectivity index (χ4n) is 3.60. The normalized spacial score (nSPS) is 11.6. The molecule has 0 saturated heterocycles. The highest BCUT2D eigenvalue weighted by Crippen LogP contribution is 2.31. The van der Waals surface area contributed by atoms with Crippen molar-refractivity contribution in [2.24, 2.45) is 5.10 Å². The molecular formula is C28H28BrN5O3S. The lowest BCUT2D eigenvalue weighted by Gasteiger charge is -2.19. The lowest BCUT2D eigenvalue weighted by atomic mass is 9.87. The van der Waals surface area contributed by atoms with Crippen molar-refractivity contribution in [1.82, 2.24) is 20.2 Å². The van der Waals surface area contributed by atoms with E-state index in [1.165, 1.54) is 23.5 Å². The first-order valence-corrected chi connectivity index (χ1v) is 13.6. The summed E-state index contributed by atoms with van der Waals surface area (Å²) >= 11 is 4.60. The molecule has 0 saturated carbocycles. The number of hydrogen-bond donors (Lipinski definition) is 2. The van der Waals surface area contributed by atoms with E-state index in [0.717, 1.165) is 21.5 Å². The maximum absolute atomic E-state index is 12.5. The molecule has 2 N–H and O–H groups in total. The number of halogens is 1. The molecule has 38 heavy (non-hydrogen) atoms. The van der Waals surface area contributed by atoms with Gasteiger partial charge in [-0.15, -0.1) is 10.2 Å². The molecule has 0 spiro atoms. The summed E-state index contributed by atoms with van der Waals surface area (Å²) < 4.78 is 8.02. The first kappa shape index (κ1) is 27.4. The Kier molecular flexibility index (Phi) is 8.53. The third-order valence-electron chi connectivity index (χ3n) is 5.69. The summed E-state index contributed by atoms with van der Waals surface area (Å²) in [5.74, 6) is 1.22. The van der Waals surface area contributed by atoms with E-state index in [1.54, 1.807) is 25.3 Å². The number of phenols is 1. The van der Waals surface area contributed by atoms with Gasteiger partial charge in [0.15, 0.2) is 11.0 Å². The first-order valence-electron chi connectivity index (χ1n) is 11.8. The lowest BCUT2D eigenvalue weighted by Crippen LogP contribution is -2.20. The second-order valence-electron chi connectivity index (χ2n) is 9.45. The van der Waals surface area contributed by atoms with Gasteiger partial charge < -0.3 is 9.84 Å². The lowest BCUT2D eigenvalue weighted by molar-refractivity contribution is -0.118. The average Bonchev–Trinajstić information content (AvgIpc) is 3.33. The zero-order valence-electron chi connectivity index (χ0n) is 21.5. The molecule has 1 heterocycles. The molecule has 0 fully saturated rings. The maximum Gasteiger partial charge on any atom is 0.250 e. The van der Waals surface area contributed by atoms with E-state index in [9.17, 15) is 9.90 Å². The Hall–Kier alpha value is -3.63. The molecule has 0 aliphatic heterocycles. The van der Waals surface area contributed by atoms with E-state index in [1.807, 2.05) is 41.0 Å². The largest absolute Gasteiger partial charge is 0.507 e. The number of carbonyl (C=O) groups is 1. The van der Waals surface area contributed by atoms with Crippen LogP contribution in [0.3, 0.4) is 0 Å². The number of ether oxygens (including phenoxy) is 1. The minimum absolute atomic E-state index is 0.0365. The third-order valence-corrected chi connectivity index (χ3v) is 7.11. The number of hydrogen-bond acceptors (Lipinski definition) is 7. The predicted octanol–water partition coefficient (Wildman–Crippen LogP) is 5.95. The number of aromatic hydroxyl groups is 1. The van der Waals surface area contributed by atoms with Crippen LogP contribution in [0, 0.1) is 0 Å². The first-order chi connectivity index (χ1) is 18.2. The van der Waals surface area contributed by atoms with Gasteiger partial charge in [0.2, 0.25) is 0 Å². The summed E-state index contributed by atoms with van der Waals surface area (Å²) in [7, 11) is 1.62. The van der Waals surface area contributed by atoms with Crippen molar-refractivity contribution in [1.29, 1.82) is 0 Å². The van der Waals surface area contributed by atoms with E-state index in [-0.39, 0.29) is 22.8 Å². The van der Waals surface area contributed by atoms with Crippen molar-refractivity contribution < 1.29 is 14.6 Å². The van der Waals surface area contributed by atoms with Crippen LogP contribution < -0.4 is 10.2 Å². The second-order valence-corrected chi connectivity index (χ2v) is 11.3. The van der Waals surface area contributed by atoms with Crippen molar-refractivity contribution in [2.45, 2.75) is 31.3 Å². The highest BCUT2D eigenvalue weighted by Gasteiger charge is 2.19. The topological polar surface area (TPSA) is 102 Å². The van der Waals surface area contributed by atoms with Gasteiger partial charge in [-0.05, 0) is 53.4 Å². The van der Waals surface area contributed by atoms with Crippen LogP contribution in [-0.4, -0.2) is 44.9 Å². The van der Waals surface area contributed by atoms with Crippen LogP contribution in [0.4, 0.5) is 0 Å². The van der Waals surface area contributed by atoms with Crippen LogP contribution in [0.15, 0.2) is 81.5 Å². The summed E-state index contributed by atoms with van der Waals surface area (Å²) in [5.41, 5.74) is 5.99. The fraction of sp³-hybridized carbons (Fsp3) is 0.214. The van der Waals surface area contributed by atoms with E-state index in [2.05, 4.69) is 69.6 Å². The predicted molar refractivity (Wildman–Crippen MR) is 154 cm³/mol. The molecule has 1 aromatic heterocycles. The van der Waals surface area contributed by atoms with Crippen LogP contribution in [0.2, 0.25) is 0 Å². The van der Waals surface area contributed by atoms with Gasteiger partial charge in [-0.1, -0.05) is 72.7 Å². The number of benzene rings is 3.